The van der Waals surface area contributed by atoms with Gasteiger partial charge in [0.25, 0.3) is 0 Å². The summed E-state index contributed by atoms with van der Waals surface area (Å²) in [6, 6.07) is 7.99. The van der Waals surface area contributed by atoms with Gasteiger partial charge in [-0.05, 0) is 24.1 Å². The van der Waals surface area contributed by atoms with E-state index in [1.165, 1.54) is 5.56 Å². The minimum absolute atomic E-state index is 0.270. The van der Waals surface area contributed by atoms with E-state index in [1.54, 1.807) is 7.11 Å². The van der Waals surface area contributed by atoms with E-state index in [9.17, 15) is 0 Å². The van der Waals surface area contributed by atoms with Gasteiger partial charge in [0.1, 0.15) is 5.75 Å². The van der Waals surface area contributed by atoms with Gasteiger partial charge in [0.2, 0.25) is 0 Å². The minimum Gasteiger partial charge on any atom is -0.497 e. The van der Waals surface area contributed by atoms with Crippen LogP contribution in [-0.4, -0.2) is 26.9 Å². The second-order valence-corrected chi connectivity index (χ2v) is 4.69. The van der Waals surface area contributed by atoms with Crippen molar-refractivity contribution in [3.8, 4) is 5.75 Å². The Balaban J connectivity index is 1.77. The van der Waals surface area contributed by atoms with E-state index in [0.717, 1.165) is 32.0 Å². The van der Waals surface area contributed by atoms with Crippen molar-refractivity contribution in [1.29, 1.82) is 0 Å². The number of hydrogen-bond donors (Lipinski definition) is 0. The lowest BCUT2D eigenvalue weighted by Gasteiger charge is -2.40. The van der Waals surface area contributed by atoms with Crippen molar-refractivity contribution >= 4 is 0 Å². The van der Waals surface area contributed by atoms with E-state index in [2.05, 4.69) is 6.92 Å². The first-order chi connectivity index (χ1) is 8.28. The smallest absolute Gasteiger partial charge is 0.118 e. The predicted molar refractivity (Wildman–Crippen MR) is 66.2 cm³/mol. The Morgan fingerprint density at radius 2 is 1.94 bits per heavy atom. The second-order valence-electron chi connectivity index (χ2n) is 4.69. The molecule has 0 spiro atoms. The molecule has 0 amide bonds. The first-order valence-corrected chi connectivity index (χ1v) is 6.06. The van der Waals surface area contributed by atoms with Gasteiger partial charge in [0.15, 0.2) is 0 Å². The van der Waals surface area contributed by atoms with Gasteiger partial charge in [-0.1, -0.05) is 19.1 Å². The van der Waals surface area contributed by atoms with E-state index in [4.69, 9.17) is 14.2 Å². The van der Waals surface area contributed by atoms with E-state index in [0.29, 0.717) is 6.61 Å². The number of hydrogen-bond acceptors (Lipinski definition) is 3. The van der Waals surface area contributed by atoms with Crippen molar-refractivity contribution < 1.29 is 14.2 Å². The summed E-state index contributed by atoms with van der Waals surface area (Å²) in [7, 11) is 1.67. The van der Waals surface area contributed by atoms with Gasteiger partial charge < -0.3 is 14.2 Å². The van der Waals surface area contributed by atoms with Crippen molar-refractivity contribution in [2.75, 3.05) is 26.9 Å². The topological polar surface area (TPSA) is 27.7 Å². The second kappa shape index (κ2) is 5.52. The highest BCUT2D eigenvalue weighted by Crippen LogP contribution is 2.31. The van der Waals surface area contributed by atoms with Crippen LogP contribution < -0.4 is 4.74 Å². The zero-order valence-corrected chi connectivity index (χ0v) is 10.6. The first kappa shape index (κ1) is 12.4. The highest BCUT2D eigenvalue weighted by atomic mass is 16.5. The third-order valence-electron chi connectivity index (χ3n) is 3.40. The molecule has 0 N–H and O–H groups in total. The molecule has 1 fully saturated rings. The SMILES string of the molecule is CCC1(COCc2ccc(OC)cc2)COC1. The summed E-state index contributed by atoms with van der Waals surface area (Å²) >= 11 is 0. The largest absolute Gasteiger partial charge is 0.497 e. The third-order valence-corrected chi connectivity index (χ3v) is 3.40. The molecule has 0 aromatic heterocycles. The summed E-state index contributed by atoms with van der Waals surface area (Å²) < 4.78 is 16.2. The van der Waals surface area contributed by atoms with Crippen molar-refractivity contribution in [2.45, 2.75) is 20.0 Å². The normalized spacial score (nSPS) is 17.5. The zero-order chi connectivity index (χ0) is 12.1. The van der Waals surface area contributed by atoms with Gasteiger partial charge >= 0.3 is 0 Å². The maximum Gasteiger partial charge on any atom is 0.118 e. The molecule has 94 valence electrons. The molecule has 2 rings (SSSR count). The molecule has 0 radical (unpaired) electrons. The monoisotopic (exact) mass is 236 g/mol. The molecule has 0 aliphatic carbocycles. The van der Waals surface area contributed by atoms with Crippen molar-refractivity contribution in [2.24, 2.45) is 5.41 Å². The molecule has 3 nitrogen and oxygen atoms in total. The van der Waals surface area contributed by atoms with Gasteiger partial charge in [0.05, 0.1) is 33.5 Å². The summed E-state index contributed by atoms with van der Waals surface area (Å²) in [4.78, 5) is 0. The molecule has 1 heterocycles. The molecule has 1 aromatic carbocycles. The molecule has 1 aromatic rings. The van der Waals surface area contributed by atoms with Crippen molar-refractivity contribution in [3.05, 3.63) is 29.8 Å². The highest BCUT2D eigenvalue weighted by Gasteiger charge is 2.36. The van der Waals surface area contributed by atoms with E-state index in [1.807, 2.05) is 24.3 Å². The number of ether oxygens (including phenoxy) is 3. The Bertz CT molecular complexity index is 335. The summed E-state index contributed by atoms with van der Waals surface area (Å²) in [6.07, 6.45) is 1.12. The fourth-order valence-corrected chi connectivity index (χ4v) is 1.89. The summed E-state index contributed by atoms with van der Waals surface area (Å²) in [5.41, 5.74) is 1.45. The third kappa shape index (κ3) is 2.99. The standard InChI is InChI=1S/C14H20O3/c1-3-14(10-17-11-14)9-16-8-12-4-6-13(15-2)7-5-12/h4-7H,3,8-11H2,1-2H3. The molecule has 1 saturated heterocycles. The fraction of sp³-hybridized carbons (Fsp3) is 0.571. The van der Waals surface area contributed by atoms with E-state index >= 15 is 0 Å². The van der Waals surface area contributed by atoms with Gasteiger partial charge in [-0.3, -0.25) is 0 Å². The Hall–Kier alpha value is -1.06. The average molecular weight is 236 g/mol. The summed E-state index contributed by atoms with van der Waals surface area (Å²) in [6.45, 7) is 5.32. The van der Waals surface area contributed by atoms with Crippen LogP contribution in [0.25, 0.3) is 0 Å². The lowest BCUT2D eigenvalue weighted by atomic mass is 9.84. The molecule has 0 bridgehead atoms. The quantitative estimate of drug-likeness (QED) is 0.760. The summed E-state index contributed by atoms with van der Waals surface area (Å²) in [5.74, 6) is 0.881. The van der Waals surface area contributed by atoms with Gasteiger partial charge in [-0.15, -0.1) is 0 Å². The van der Waals surface area contributed by atoms with E-state index < -0.39 is 0 Å². The Morgan fingerprint density at radius 3 is 2.41 bits per heavy atom. The predicted octanol–water partition coefficient (Wildman–Crippen LogP) is 2.64. The number of methoxy groups -OCH3 is 1. The minimum atomic E-state index is 0.270. The van der Waals surface area contributed by atoms with Crippen molar-refractivity contribution in [3.63, 3.8) is 0 Å². The van der Waals surface area contributed by atoms with Crippen LogP contribution in [0.2, 0.25) is 0 Å². The number of benzene rings is 1. The molecule has 3 heteroatoms. The van der Waals surface area contributed by atoms with Gasteiger partial charge in [-0.2, -0.15) is 0 Å². The molecule has 0 saturated carbocycles. The first-order valence-electron chi connectivity index (χ1n) is 6.06. The van der Waals surface area contributed by atoms with Crippen LogP contribution in [0.4, 0.5) is 0 Å². The van der Waals surface area contributed by atoms with Crippen LogP contribution in [0.5, 0.6) is 5.75 Å². The lowest BCUT2D eigenvalue weighted by Crippen LogP contribution is -2.45. The van der Waals surface area contributed by atoms with Crippen LogP contribution >= 0.6 is 0 Å². The van der Waals surface area contributed by atoms with Crippen LogP contribution in [0.15, 0.2) is 24.3 Å². The van der Waals surface area contributed by atoms with Crippen molar-refractivity contribution in [1.82, 2.24) is 0 Å². The molecule has 1 aliphatic heterocycles. The molecular formula is C14H20O3. The lowest BCUT2D eigenvalue weighted by molar-refractivity contribution is -0.152. The van der Waals surface area contributed by atoms with Gasteiger partial charge in [-0.25, -0.2) is 0 Å². The Kier molecular flexibility index (Phi) is 4.02. The fourth-order valence-electron chi connectivity index (χ4n) is 1.89. The maximum atomic E-state index is 5.77. The Labute approximate surface area is 103 Å². The zero-order valence-electron chi connectivity index (χ0n) is 10.6. The Morgan fingerprint density at radius 1 is 1.24 bits per heavy atom. The molecule has 17 heavy (non-hydrogen) atoms. The molecule has 1 aliphatic rings. The van der Waals surface area contributed by atoms with Gasteiger partial charge in [0, 0.05) is 5.41 Å². The number of rotatable bonds is 6. The van der Waals surface area contributed by atoms with E-state index in [-0.39, 0.29) is 5.41 Å². The van der Waals surface area contributed by atoms with Crippen LogP contribution in [0, 0.1) is 5.41 Å². The van der Waals surface area contributed by atoms with Crippen LogP contribution in [-0.2, 0) is 16.1 Å². The summed E-state index contributed by atoms with van der Waals surface area (Å²) in [5, 5.41) is 0. The maximum absolute atomic E-state index is 5.77. The highest BCUT2D eigenvalue weighted by molar-refractivity contribution is 5.26. The molecule has 0 unspecified atom stereocenters. The molecule has 0 atom stereocenters. The van der Waals surface area contributed by atoms with Crippen LogP contribution in [0.3, 0.4) is 0 Å². The van der Waals surface area contributed by atoms with Crippen LogP contribution in [0.1, 0.15) is 18.9 Å². The molecular weight excluding hydrogens is 216 g/mol. The average Bonchev–Trinajstić information content (AvgIpc) is 2.33.